The third-order valence-electron chi connectivity index (χ3n) is 3.42. The van der Waals surface area contributed by atoms with Gasteiger partial charge in [0.1, 0.15) is 0 Å². The van der Waals surface area contributed by atoms with E-state index in [9.17, 15) is 0 Å². The number of benzene rings is 1. The summed E-state index contributed by atoms with van der Waals surface area (Å²) in [5.41, 5.74) is 0.941. The molecule has 1 unspecified atom stereocenters. The largest absolute Gasteiger partial charge is 0.374 e. The van der Waals surface area contributed by atoms with Crippen molar-refractivity contribution in [1.82, 2.24) is 5.32 Å². The van der Waals surface area contributed by atoms with E-state index in [0.717, 1.165) is 19.4 Å². The van der Waals surface area contributed by atoms with Gasteiger partial charge < -0.3 is 10.1 Å². The fourth-order valence-electron chi connectivity index (χ4n) is 2.26. The van der Waals surface area contributed by atoms with Gasteiger partial charge in [0.05, 0.1) is 15.6 Å². The zero-order chi connectivity index (χ0) is 15.2. The van der Waals surface area contributed by atoms with Gasteiger partial charge in [-0.25, -0.2) is 0 Å². The predicted octanol–water partition coefficient (Wildman–Crippen LogP) is 4.72. The SMILES string of the molecule is CCCNC(Cc1ccc(Cl)c(Cl)c1)C(C)(C)OCC. The molecule has 1 N–H and O–H groups in total. The Morgan fingerprint density at radius 2 is 1.90 bits per heavy atom. The summed E-state index contributed by atoms with van der Waals surface area (Å²) in [5.74, 6) is 0. The van der Waals surface area contributed by atoms with Crippen LogP contribution in [0.2, 0.25) is 10.0 Å². The molecule has 0 aliphatic heterocycles. The Morgan fingerprint density at radius 3 is 2.45 bits per heavy atom. The number of nitrogens with one attached hydrogen (secondary N) is 1. The van der Waals surface area contributed by atoms with Crippen LogP contribution in [0, 0.1) is 0 Å². The third kappa shape index (κ3) is 5.25. The Labute approximate surface area is 132 Å². The van der Waals surface area contributed by atoms with Crippen LogP contribution in [0.5, 0.6) is 0 Å². The van der Waals surface area contributed by atoms with Crippen molar-refractivity contribution in [2.45, 2.75) is 52.2 Å². The summed E-state index contributed by atoms with van der Waals surface area (Å²) >= 11 is 12.1. The quantitative estimate of drug-likeness (QED) is 0.749. The Hall–Kier alpha value is -0.280. The number of halogens is 2. The minimum Gasteiger partial charge on any atom is -0.374 e. The molecular formula is C16H25Cl2NO. The molecule has 0 bridgehead atoms. The summed E-state index contributed by atoms with van der Waals surface area (Å²) in [5, 5.41) is 4.78. The van der Waals surface area contributed by atoms with E-state index in [4.69, 9.17) is 27.9 Å². The topological polar surface area (TPSA) is 21.3 Å². The molecule has 1 aromatic rings. The van der Waals surface area contributed by atoms with Crippen LogP contribution in [0.25, 0.3) is 0 Å². The fourth-order valence-corrected chi connectivity index (χ4v) is 2.58. The molecule has 0 fully saturated rings. The van der Waals surface area contributed by atoms with Crippen molar-refractivity contribution in [3.8, 4) is 0 Å². The van der Waals surface area contributed by atoms with Crippen LogP contribution in [0.1, 0.15) is 39.7 Å². The van der Waals surface area contributed by atoms with Gasteiger partial charge in [0.2, 0.25) is 0 Å². The van der Waals surface area contributed by atoms with Crippen LogP contribution in [0.3, 0.4) is 0 Å². The lowest BCUT2D eigenvalue weighted by atomic mass is 9.92. The number of rotatable bonds is 8. The first-order valence-electron chi connectivity index (χ1n) is 7.22. The average Bonchev–Trinajstić information content (AvgIpc) is 2.38. The molecule has 4 heteroatoms. The molecule has 1 aromatic carbocycles. The van der Waals surface area contributed by atoms with E-state index in [1.54, 1.807) is 0 Å². The van der Waals surface area contributed by atoms with Crippen LogP contribution in [-0.2, 0) is 11.2 Å². The molecule has 1 atom stereocenters. The molecular weight excluding hydrogens is 293 g/mol. The van der Waals surface area contributed by atoms with Crippen molar-refractivity contribution in [1.29, 1.82) is 0 Å². The first-order chi connectivity index (χ1) is 9.40. The van der Waals surface area contributed by atoms with Crippen molar-refractivity contribution < 1.29 is 4.74 Å². The van der Waals surface area contributed by atoms with Crippen LogP contribution in [-0.4, -0.2) is 24.8 Å². The molecule has 1 rings (SSSR count). The molecule has 0 saturated heterocycles. The molecule has 0 aromatic heterocycles. The van der Waals surface area contributed by atoms with Gasteiger partial charge in [-0.3, -0.25) is 0 Å². The lowest BCUT2D eigenvalue weighted by molar-refractivity contribution is -0.0379. The Kier molecular flexibility index (Phi) is 7.32. The second kappa shape index (κ2) is 8.23. The van der Waals surface area contributed by atoms with Crippen LogP contribution in [0.4, 0.5) is 0 Å². The van der Waals surface area contributed by atoms with Gasteiger partial charge in [0, 0.05) is 12.6 Å². The van der Waals surface area contributed by atoms with E-state index in [2.05, 4.69) is 26.1 Å². The van der Waals surface area contributed by atoms with E-state index in [1.807, 2.05) is 25.1 Å². The summed E-state index contributed by atoms with van der Waals surface area (Å²) in [6.07, 6.45) is 1.96. The standard InChI is InChI=1S/C16H25Cl2NO/c1-5-9-19-15(16(3,4)20-6-2)11-12-7-8-13(17)14(18)10-12/h7-8,10,15,19H,5-6,9,11H2,1-4H3. The van der Waals surface area contributed by atoms with E-state index in [1.165, 1.54) is 5.56 Å². The molecule has 0 heterocycles. The smallest absolute Gasteiger partial charge is 0.0781 e. The van der Waals surface area contributed by atoms with E-state index in [-0.39, 0.29) is 11.6 Å². The maximum absolute atomic E-state index is 6.09. The molecule has 0 radical (unpaired) electrons. The number of hydrogen-bond acceptors (Lipinski definition) is 2. The summed E-state index contributed by atoms with van der Waals surface area (Å²) in [6, 6.07) is 6.05. The number of hydrogen-bond donors (Lipinski definition) is 1. The molecule has 0 aliphatic rings. The molecule has 0 aliphatic carbocycles. The summed E-state index contributed by atoms with van der Waals surface area (Å²) in [6.45, 7) is 10.1. The normalized spacial score (nSPS) is 13.5. The summed E-state index contributed by atoms with van der Waals surface area (Å²) in [4.78, 5) is 0. The zero-order valence-electron chi connectivity index (χ0n) is 12.8. The van der Waals surface area contributed by atoms with Gasteiger partial charge in [-0.15, -0.1) is 0 Å². The van der Waals surface area contributed by atoms with Crippen molar-refractivity contribution >= 4 is 23.2 Å². The second-order valence-electron chi connectivity index (χ2n) is 5.50. The highest BCUT2D eigenvalue weighted by Crippen LogP contribution is 2.25. The van der Waals surface area contributed by atoms with E-state index >= 15 is 0 Å². The van der Waals surface area contributed by atoms with Crippen LogP contribution < -0.4 is 5.32 Å². The van der Waals surface area contributed by atoms with Crippen LogP contribution in [0.15, 0.2) is 18.2 Å². The van der Waals surface area contributed by atoms with E-state index < -0.39 is 0 Å². The molecule has 0 amide bonds. The van der Waals surface area contributed by atoms with Gasteiger partial charge in [-0.05, 0) is 57.9 Å². The van der Waals surface area contributed by atoms with Gasteiger partial charge in [0.25, 0.3) is 0 Å². The highest BCUT2D eigenvalue weighted by atomic mass is 35.5. The highest BCUT2D eigenvalue weighted by Gasteiger charge is 2.29. The minimum atomic E-state index is -0.226. The molecule has 0 spiro atoms. The lowest BCUT2D eigenvalue weighted by Gasteiger charge is -2.35. The van der Waals surface area contributed by atoms with Gasteiger partial charge in [0.15, 0.2) is 0 Å². The maximum atomic E-state index is 6.09. The average molecular weight is 318 g/mol. The Balaban J connectivity index is 2.85. The van der Waals surface area contributed by atoms with Crippen LogP contribution >= 0.6 is 23.2 Å². The van der Waals surface area contributed by atoms with Crippen molar-refractivity contribution in [3.05, 3.63) is 33.8 Å². The molecule has 114 valence electrons. The van der Waals surface area contributed by atoms with E-state index in [0.29, 0.717) is 16.7 Å². The first-order valence-corrected chi connectivity index (χ1v) is 7.97. The van der Waals surface area contributed by atoms with Gasteiger partial charge in [-0.1, -0.05) is 36.2 Å². The van der Waals surface area contributed by atoms with Crippen molar-refractivity contribution in [2.24, 2.45) is 0 Å². The first kappa shape index (κ1) is 17.8. The monoisotopic (exact) mass is 317 g/mol. The fraction of sp³-hybridized carbons (Fsp3) is 0.625. The zero-order valence-corrected chi connectivity index (χ0v) is 14.3. The predicted molar refractivity (Wildman–Crippen MR) is 88.0 cm³/mol. The second-order valence-corrected chi connectivity index (χ2v) is 6.31. The molecule has 20 heavy (non-hydrogen) atoms. The highest BCUT2D eigenvalue weighted by molar-refractivity contribution is 6.42. The van der Waals surface area contributed by atoms with Crippen molar-refractivity contribution in [3.63, 3.8) is 0 Å². The summed E-state index contributed by atoms with van der Waals surface area (Å²) in [7, 11) is 0. The Morgan fingerprint density at radius 1 is 1.20 bits per heavy atom. The lowest BCUT2D eigenvalue weighted by Crippen LogP contribution is -2.50. The van der Waals surface area contributed by atoms with Crippen molar-refractivity contribution in [2.75, 3.05) is 13.2 Å². The third-order valence-corrected chi connectivity index (χ3v) is 4.16. The summed E-state index contributed by atoms with van der Waals surface area (Å²) < 4.78 is 5.89. The van der Waals surface area contributed by atoms with Gasteiger partial charge >= 0.3 is 0 Å². The molecule has 0 saturated carbocycles. The maximum Gasteiger partial charge on any atom is 0.0781 e. The molecule has 2 nitrogen and oxygen atoms in total. The van der Waals surface area contributed by atoms with Gasteiger partial charge in [-0.2, -0.15) is 0 Å². The minimum absolute atomic E-state index is 0.226. The Bertz CT molecular complexity index is 421. The number of ether oxygens (including phenoxy) is 1.